The monoisotopic (exact) mass is 319 g/mol. The number of carboxylic acid groups (broad SMARTS) is 1. The lowest BCUT2D eigenvalue weighted by atomic mass is 10.1. The van der Waals surface area contributed by atoms with Crippen LogP contribution < -0.4 is 4.74 Å². The van der Waals surface area contributed by atoms with Gasteiger partial charge >= 0.3 is 5.97 Å². The van der Waals surface area contributed by atoms with E-state index >= 15 is 0 Å². The molecular weight excluding hydrogens is 298 g/mol. The van der Waals surface area contributed by atoms with Gasteiger partial charge in [-0.1, -0.05) is 6.07 Å². The third-order valence-corrected chi connectivity index (χ3v) is 4.34. The van der Waals surface area contributed by atoms with Crippen molar-refractivity contribution in [2.75, 3.05) is 19.8 Å². The molecule has 0 spiro atoms. The van der Waals surface area contributed by atoms with Gasteiger partial charge in [-0.25, -0.2) is 4.79 Å². The lowest BCUT2D eigenvalue weighted by Crippen LogP contribution is -2.40. The summed E-state index contributed by atoms with van der Waals surface area (Å²) in [7, 11) is 0. The van der Waals surface area contributed by atoms with Crippen LogP contribution in [0.3, 0.4) is 0 Å². The fourth-order valence-electron chi connectivity index (χ4n) is 3.12. The van der Waals surface area contributed by atoms with Gasteiger partial charge in [-0.2, -0.15) is 0 Å². The zero-order valence-corrected chi connectivity index (χ0v) is 12.9. The summed E-state index contributed by atoms with van der Waals surface area (Å²) in [6.45, 7) is 1.73. The molecule has 23 heavy (non-hydrogen) atoms. The molecule has 2 aliphatic rings. The highest BCUT2D eigenvalue weighted by atomic mass is 16.5. The number of carbonyl (C=O) groups excluding carboxylic acids is 1. The van der Waals surface area contributed by atoms with E-state index < -0.39 is 12.0 Å². The van der Waals surface area contributed by atoms with E-state index in [0.717, 1.165) is 25.9 Å². The van der Waals surface area contributed by atoms with Crippen molar-refractivity contribution in [2.45, 2.75) is 37.8 Å². The van der Waals surface area contributed by atoms with E-state index in [1.807, 2.05) is 0 Å². The lowest BCUT2D eigenvalue weighted by molar-refractivity contribution is -0.141. The molecule has 0 aliphatic carbocycles. The van der Waals surface area contributed by atoms with Gasteiger partial charge in [-0.3, -0.25) is 4.79 Å². The number of carboxylic acids is 1. The zero-order valence-electron chi connectivity index (χ0n) is 12.9. The second kappa shape index (κ2) is 7.00. The quantitative estimate of drug-likeness (QED) is 0.897. The van der Waals surface area contributed by atoms with Crippen molar-refractivity contribution in [1.82, 2.24) is 4.90 Å². The number of amides is 1. The number of benzene rings is 1. The first-order valence-electron chi connectivity index (χ1n) is 8.03. The molecule has 2 heterocycles. The van der Waals surface area contributed by atoms with E-state index in [9.17, 15) is 14.7 Å². The molecule has 0 radical (unpaired) electrons. The highest BCUT2D eigenvalue weighted by Gasteiger charge is 2.34. The molecule has 1 aromatic carbocycles. The van der Waals surface area contributed by atoms with Crippen molar-refractivity contribution >= 4 is 11.9 Å². The van der Waals surface area contributed by atoms with Crippen molar-refractivity contribution in [3.8, 4) is 5.75 Å². The minimum atomic E-state index is -0.943. The maximum atomic E-state index is 12.6. The minimum absolute atomic E-state index is 0.115. The maximum absolute atomic E-state index is 12.6. The molecule has 124 valence electrons. The van der Waals surface area contributed by atoms with Gasteiger partial charge in [0.25, 0.3) is 5.91 Å². The topological polar surface area (TPSA) is 76.1 Å². The molecular formula is C17H21NO5. The van der Waals surface area contributed by atoms with Gasteiger partial charge in [-0.15, -0.1) is 0 Å². The van der Waals surface area contributed by atoms with Crippen LogP contribution in [0.4, 0.5) is 0 Å². The van der Waals surface area contributed by atoms with Gasteiger partial charge in [0, 0.05) is 18.7 Å². The number of carbonyl (C=O) groups is 2. The third-order valence-electron chi connectivity index (χ3n) is 4.34. The average molecular weight is 319 g/mol. The second-order valence-electron chi connectivity index (χ2n) is 5.97. The fraction of sp³-hybridized carbons (Fsp3) is 0.529. The number of nitrogens with zero attached hydrogens (tertiary/aromatic N) is 1. The van der Waals surface area contributed by atoms with Crippen LogP contribution in [-0.2, 0) is 9.53 Å². The molecule has 0 aromatic heterocycles. The highest BCUT2D eigenvalue weighted by Crippen LogP contribution is 2.23. The number of hydrogen-bond acceptors (Lipinski definition) is 4. The predicted octanol–water partition coefficient (Wildman–Crippen LogP) is 1.93. The highest BCUT2D eigenvalue weighted by molar-refractivity contribution is 5.97. The molecule has 2 atom stereocenters. The van der Waals surface area contributed by atoms with Gasteiger partial charge in [0.2, 0.25) is 0 Å². The standard InChI is InChI=1S/C17H21NO5/c19-16(18-8-2-7-15(18)17(20)21)12-4-1-5-13(10-12)23-11-14-6-3-9-22-14/h1,4-5,10,14-15H,2-3,6-9,11H2,(H,20,21)/t14-,15+/m1/s1. The molecule has 1 aromatic rings. The Hall–Kier alpha value is -2.08. The summed E-state index contributed by atoms with van der Waals surface area (Å²) in [5.41, 5.74) is 0.461. The Morgan fingerprint density at radius 3 is 2.91 bits per heavy atom. The van der Waals surface area contributed by atoms with Crippen LogP contribution in [0.2, 0.25) is 0 Å². The second-order valence-corrected chi connectivity index (χ2v) is 5.97. The largest absolute Gasteiger partial charge is 0.491 e. The normalized spacial score (nSPS) is 23.9. The van der Waals surface area contributed by atoms with E-state index in [-0.39, 0.29) is 12.0 Å². The van der Waals surface area contributed by atoms with Gasteiger partial charge in [-0.05, 0) is 43.9 Å². The van der Waals surface area contributed by atoms with Crippen LogP contribution in [-0.4, -0.2) is 53.8 Å². The van der Waals surface area contributed by atoms with Gasteiger partial charge in [0.1, 0.15) is 18.4 Å². The molecule has 6 nitrogen and oxygen atoms in total. The smallest absolute Gasteiger partial charge is 0.326 e. The van der Waals surface area contributed by atoms with Crippen molar-refractivity contribution < 1.29 is 24.2 Å². The Bertz CT molecular complexity index is 582. The number of hydrogen-bond donors (Lipinski definition) is 1. The Morgan fingerprint density at radius 2 is 2.17 bits per heavy atom. The Morgan fingerprint density at radius 1 is 1.30 bits per heavy atom. The molecule has 3 rings (SSSR count). The molecule has 6 heteroatoms. The van der Waals surface area contributed by atoms with Crippen molar-refractivity contribution in [1.29, 1.82) is 0 Å². The minimum Gasteiger partial charge on any atom is -0.491 e. The first kappa shape index (κ1) is 15.8. The number of ether oxygens (including phenoxy) is 2. The molecule has 2 saturated heterocycles. The van der Waals surface area contributed by atoms with Crippen molar-refractivity contribution in [3.05, 3.63) is 29.8 Å². The molecule has 2 aliphatic heterocycles. The van der Waals surface area contributed by atoms with Gasteiger partial charge in [0.05, 0.1) is 6.10 Å². The third kappa shape index (κ3) is 3.64. The number of likely N-dealkylation sites (tertiary alicyclic amines) is 1. The first-order chi connectivity index (χ1) is 11.1. The SMILES string of the molecule is O=C(O)[C@@H]1CCCN1C(=O)c1cccc(OC[C@H]2CCCO2)c1. The summed E-state index contributed by atoms with van der Waals surface area (Å²) >= 11 is 0. The van der Waals surface area contributed by atoms with Crippen LogP contribution in [0, 0.1) is 0 Å². The summed E-state index contributed by atoms with van der Waals surface area (Å²) in [5.74, 6) is -0.587. The van der Waals surface area contributed by atoms with E-state index in [2.05, 4.69) is 0 Å². The Labute approximate surface area is 135 Å². The van der Waals surface area contributed by atoms with Crippen molar-refractivity contribution in [2.24, 2.45) is 0 Å². The van der Waals surface area contributed by atoms with Gasteiger partial charge in [0.15, 0.2) is 0 Å². The molecule has 2 fully saturated rings. The molecule has 1 N–H and O–H groups in total. The van der Waals surface area contributed by atoms with E-state index in [1.165, 1.54) is 4.90 Å². The summed E-state index contributed by atoms with van der Waals surface area (Å²) in [6, 6.07) is 6.19. The van der Waals surface area contributed by atoms with Crippen LogP contribution >= 0.6 is 0 Å². The predicted molar refractivity (Wildman–Crippen MR) is 82.6 cm³/mol. The van der Waals surface area contributed by atoms with E-state index in [4.69, 9.17) is 9.47 Å². The van der Waals surface area contributed by atoms with Crippen LogP contribution in [0.5, 0.6) is 5.75 Å². The summed E-state index contributed by atoms with van der Waals surface area (Å²) in [6.07, 6.45) is 3.39. The summed E-state index contributed by atoms with van der Waals surface area (Å²) in [5, 5.41) is 9.21. The molecule has 0 saturated carbocycles. The summed E-state index contributed by atoms with van der Waals surface area (Å²) < 4.78 is 11.2. The fourth-order valence-corrected chi connectivity index (χ4v) is 3.12. The summed E-state index contributed by atoms with van der Waals surface area (Å²) in [4.78, 5) is 25.2. The lowest BCUT2D eigenvalue weighted by Gasteiger charge is -2.21. The Balaban J connectivity index is 1.66. The van der Waals surface area contributed by atoms with E-state index in [0.29, 0.717) is 30.9 Å². The Kier molecular flexibility index (Phi) is 4.81. The average Bonchev–Trinajstić information content (AvgIpc) is 3.23. The zero-order chi connectivity index (χ0) is 16.2. The number of aliphatic carboxylic acids is 1. The number of rotatable bonds is 5. The van der Waals surface area contributed by atoms with Crippen LogP contribution in [0.15, 0.2) is 24.3 Å². The molecule has 0 unspecified atom stereocenters. The van der Waals surface area contributed by atoms with Crippen LogP contribution in [0.1, 0.15) is 36.0 Å². The van der Waals surface area contributed by atoms with Gasteiger partial charge < -0.3 is 19.5 Å². The maximum Gasteiger partial charge on any atom is 0.326 e. The van der Waals surface area contributed by atoms with E-state index in [1.54, 1.807) is 24.3 Å². The molecule has 1 amide bonds. The van der Waals surface area contributed by atoms with Crippen LogP contribution in [0.25, 0.3) is 0 Å². The first-order valence-corrected chi connectivity index (χ1v) is 8.03. The van der Waals surface area contributed by atoms with Crippen molar-refractivity contribution in [3.63, 3.8) is 0 Å². The molecule has 0 bridgehead atoms.